The van der Waals surface area contributed by atoms with Gasteiger partial charge in [-0.3, -0.25) is 5.10 Å². The van der Waals surface area contributed by atoms with Gasteiger partial charge in [0, 0.05) is 24.4 Å². The van der Waals surface area contributed by atoms with E-state index >= 15 is 0 Å². The topological polar surface area (TPSA) is 80.6 Å². The van der Waals surface area contributed by atoms with Crippen LogP contribution in [0.5, 0.6) is 5.75 Å². The summed E-state index contributed by atoms with van der Waals surface area (Å²) in [6.45, 7) is 1.94. The fourth-order valence-electron chi connectivity index (χ4n) is 2.88. The van der Waals surface area contributed by atoms with Crippen molar-refractivity contribution < 1.29 is 9.13 Å². The molecule has 0 aliphatic heterocycles. The number of aromatic amines is 1. The van der Waals surface area contributed by atoms with Gasteiger partial charge in [0.15, 0.2) is 0 Å². The maximum absolute atomic E-state index is 13.0. The number of halogens is 1. The first-order chi connectivity index (χ1) is 13.6. The minimum atomic E-state index is -0.257. The van der Waals surface area contributed by atoms with Gasteiger partial charge in [-0.2, -0.15) is 4.98 Å². The van der Waals surface area contributed by atoms with Crippen molar-refractivity contribution in [3.05, 3.63) is 77.9 Å². The summed E-state index contributed by atoms with van der Waals surface area (Å²) in [4.78, 5) is 8.68. The Kier molecular flexibility index (Phi) is 4.76. The molecular formula is C20H19FN6O. The molecule has 2 heterocycles. The van der Waals surface area contributed by atoms with Gasteiger partial charge in [-0.05, 0) is 36.8 Å². The molecule has 0 aliphatic carbocycles. The van der Waals surface area contributed by atoms with Crippen LogP contribution in [0.15, 0.2) is 55.0 Å². The maximum atomic E-state index is 13.0. The van der Waals surface area contributed by atoms with E-state index in [0.29, 0.717) is 23.9 Å². The van der Waals surface area contributed by atoms with Crippen LogP contribution < -0.4 is 10.1 Å². The molecule has 0 aliphatic rings. The number of nitrogens with one attached hydrogen (secondary N) is 2. The molecule has 0 bridgehead atoms. The zero-order valence-electron chi connectivity index (χ0n) is 15.5. The van der Waals surface area contributed by atoms with Crippen LogP contribution in [0.3, 0.4) is 0 Å². The highest BCUT2D eigenvalue weighted by Crippen LogP contribution is 2.28. The Morgan fingerprint density at radius 3 is 2.71 bits per heavy atom. The van der Waals surface area contributed by atoms with Crippen molar-refractivity contribution in [2.24, 2.45) is 0 Å². The van der Waals surface area contributed by atoms with E-state index in [1.54, 1.807) is 25.6 Å². The van der Waals surface area contributed by atoms with Crippen molar-refractivity contribution in [1.82, 2.24) is 24.7 Å². The summed E-state index contributed by atoms with van der Waals surface area (Å²) >= 11 is 0. The van der Waals surface area contributed by atoms with Crippen LogP contribution in [0.1, 0.15) is 17.1 Å². The zero-order valence-corrected chi connectivity index (χ0v) is 15.5. The third-order valence-electron chi connectivity index (χ3n) is 4.24. The normalized spacial score (nSPS) is 10.8. The molecule has 2 N–H and O–H groups in total. The van der Waals surface area contributed by atoms with E-state index in [2.05, 4.69) is 25.5 Å². The van der Waals surface area contributed by atoms with E-state index in [4.69, 9.17) is 4.74 Å². The van der Waals surface area contributed by atoms with E-state index in [0.717, 1.165) is 22.6 Å². The molecule has 0 radical (unpaired) electrons. The molecule has 4 rings (SSSR count). The lowest BCUT2D eigenvalue weighted by Crippen LogP contribution is -1.98. The molecule has 28 heavy (non-hydrogen) atoms. The summed E-state index contributed by atoms with van der Waals surface area (Å²) in [5.41, 5.74) is 3.56. The molecule has 0 fully saturated rings. The number of imidazole rings is 1. The van der Waals surface area contributed by atoms with E-state index in [1.165, 1.54) is 12.1 Å². The smallest absolute Gasteiger partial charge is 0.246 e. The zero-order chi connectivity index (χ0) is 19.5. The highest BCUT2D eigenvalue weighted by atomic mass is 19.1. The average Bonchev–Trinajstić information content (AvgIpc) is 3.32. The van der Waals surface area contributed by atoms with Gasteiger partial charge >= 0.3 is 0 Å². The maximum Gasteiger partial charge on any atom is 0.246 e. The third kappa shape index (κ3) is 3.85. The van der Waals surface area contributed by atoms with Crippen LogP contribution in [-0.4, -0.2) is 31.8 Å². The van der Waals surface area contributed by atoms with Crippen molar-refractivity contribution >= 4 is 11.6 Å². The molecule has 0 saturated carbocycles. The minimum absolute atomic E-state index is 0.257. The van der Waals surface area contributed by atoms with Crippen LogP contribution in [0.4, 0.5) is 16.0 Å². The van der Waals surface area contributed by atoms with Crippen LogP contribution in [0.25, 0.3) is 5.69 Å². The first kappa shape index (κ1) is 17.7. The highest BCUT2D eigenvalue weighted by molar-refractivity contribution is 5.61. The molecule has 0 spiro atoms. The Bertz CT molecular complexity index is 1090. The van der Waals surface area contributed by atoms with Gasteiger partial charge in [0.25, 0.3) is 0 Å². The van der Waals surface area contributed by atoms with Crippen LogP contribution in [0, 0.1) is 12.7 Å². The second-order valence-corrected chi connectivity index (χ2v) is 6.34. The lowest BCUT2D eigenvalue weighted by Gasteiger charge is -2.11. The first-order valence-electron chi connectivity index (χ1n) is 8.72. The number of rotatable bonds is 6. The molecule has 0 atom stereocenters. The largest absolute Gasteiger partial charge is 0.494 e. The lowest BCUT2D eigenvalue weighted by molar-refractivity contribution is 0.413. The van der Waals surface area contributed by atoms with Gasteiger partial charge in [0.2, 0.25) is 5.95 Å². The molecule has 0 amide bonds. The van der Waals surface area contributed by atoms with Gasteiger partial charge in [0.1, 0.15) is 17.4 Å². The molecule has 7 nitrogen and oxygen atoms in total. The second-order valence-electron chi connectivity index (χ2n) is 6.34. The average molecular weight is 378 g/mol. The second kappa shape index (κ2) is 7.51. The van der Waals surface area contributed by atoms with E-state index in [1.807, 2.05) is 35.9 Å². The van der Waals surface area contributed by atoms with E-state index < -0.39 is 0 Å². The molecule has 8 heteroatoms. The number of hydrogen-bond donors (Lipinski definition) is 2. The lowest BCUT2D eigenvalue weighted by atomic mass is 10.1. The monoisotopic (exact) mass is 378 g/mol. The molecule has 142 valence electrons. The van der Waals surface area contributed by atoms with Crippen molar-refractivity contribution in [2.45, 2.75) is 13.3 Å². The Morgan fingerprint density at radius 1 is 1.18 bits per heavy atom. The number of benzene rings is 2. The predicted octanol–water partition coefficient (Wildman–Crippen LogP) is 3.78. The molecular weight excluding hydrogens is 359 g/mol. The Labute approximate surface area is 161 Å². The molecule has 0 saturated heterocycles. The summed E-state index contributed by atoms with van der Waals surface area (Å²) in [6.07, 6.45) is 4.22. The van der Waals surface area contributed by atoms with Gasteiger partial charge in [-0.25, -0.2) is 9.37 Å². The summed E-state index contributed by atoms with van der Waals surface area (Å²) in [5.74, 6) is 1.58. The number of hydrogen-bond acceptors (Lipinski definition) is 5. The van der Waals surface area contributed by atoms with E-state index in [9.17, 15) is 4.39 Å². The molecule has 4 aromatic rings. The standard InChI is InChI=1S/C20H19FN6O/c1-13-11-27(12-22-13)17-8-7-16(10-18(17)28-2)23-20-24-19(25-26-20)9-14-3-5-15(21)6-4-14/h3-8,10-12H,9H2,1-2H3,(H2,23,24,25,26). The summed E-state index contributed by atoms with van der Waals surface area (Å²) < 4.78 is 20.4. The Balaban J connectivity index is 1.50. The number of methoxy groups -OCH3 is 1. The number of ether oxygens (including phenoxy) is 1. The van der Waals surface area contributed by atoms with Crippen molar-refractivity contribution in [3.8, 4) is 11.4 Å². The summed E-state index contributed by atoms with van der Waals surface area (Å²) in [7, 11) is 1.62. The number of H-pyrrole nitrogens is 1. The van der Waals surface area contributed by atoms with Crippen molar-refractivity contribution in [1.29, 1.82) is 0 Å². The van der Waals surface area contributed by atoms with E-state index in [-0.39, 0.29) is 5.82 Å². The fourth-order valence-corrected chi connectivity index (χ4v) is 2.88. The molecule has 0 unspecified atom stereocenters. The van der Waals surface area contributed by atoms with Crippen molar-refractivity contribution in [2.75, 3.05) is 12.4 Å². The van der Waals surface area contributed by atoms with Gasteiger partial charge < -0.3 is 14.6 Å². The summed E-state index contributed by atoms with van der Waals surface area (Å²) in [5, 5.41) is 10.2. The van der Waals surface area contributed by atoms with Crippen molar-refractivity contribution in [3.63, 3.8) is 0 Å². The molecule has 2 aromatic carbocycles. The summed E-state index contributed by atoms with van der Waals surface area (Å²) in [6, 6.07) is 12.1. The SMILES string of the molecule is COc1cc(Nc2n[nH]c(Cc3ccc(F)cc3)n2)ccc1-n1cnc(C)c1. The fraction of sp³-hybridized carbons (Fsp3) is 0.150. The predicted molar refractivity (Wildman–Crippen MR) is 104 cm³/mol. The van der Waals surface area contributed by atoms with Gasteiger partial charge in [-0.15, -0.1) is 5.10 Å². The van der Waals surface area contributed by atoms with Crippen LogP contribution >= 0.6 is 0 Å². The number of nitrogens with zero attached hydrogens (tertiary/aromatic N) is 4. The Morgan fingerprint density at radius 2 is 2.00 bits per heavy atom. The molecule has 2 aromatic heterocycles. The van der Waals surface area contributed by atoms with Gasteiger partial charge in [0.05, 0.1) is 24.8 Å². The highest BCUT2D eigenvalue weighted by Gasteiger charge is 2.10. The number of aromatic nitrogens is 5. The Hall–Kier alpha value is -3.68. The minimum Gasteiger partial charge on any atom is -0.494 e. The first-order valence-corrected chi connectivity index (χ1v) is 8.72. The number of anilines is 2. The quantitative estimate of drug-likeness (QED) is 0.534. The third-order valence-corrected chi connectivity index (χ3v) is 4.24. The number of aryl methyl sites for hydroxylation is 1. The van der Waals surface area contributed by atoms with Crippen LogP contribution in [0.2, 0.25) is 0 Å². The van der Waals surface area contributed by atoms with Crippen LogP contribution in [-0.2, 0) is 6.42 Å². The van der Waals surface area contributed by atoms with Gasteiger partial charge in [-0.1, -0.05) is 12.1 Å².